The molecule has 2 aromatic heterocycles. The lowest BCUT2D eigenvalue weighted by molar-refractivity contribution is -0.109. The van der Waals surface area contributed by atoms with Crippen LogP contribution in [0, 0.1) is 17.8 Å². The van der Waals surface area contributed by atoms with Crippen LogP contribution in [0.1, 0.15) is 44.3 Å². The van der Waals surface area contributed by atoms with Gasteiger partial charge in [-0.25, -0.2) is 4.98 Å². The number of aromatic nitrogens is 1. The first-order valence-electron chi connectivity index (χ1n) is 14.2. The molecule has 1 aromatic carbocycles. The van der Waals surface area contributed by atoms with E-state index in [1.807, 2.05) is 19.1 Å². The van der Waals surface area contributed by atoms with Crippen molar-refractivity contribution in [1.82, 2.24) is 14.8 Å². The van der Waals surface area contributed by atoms with Crippen molar-refractivity contribution in [3.8, 4) is 23.0 Å². The maximum Gasteiger partial charge on any atom is 0.163 e. The number of hydrogen-bond donors (Lipinski definition) is 1. The topological polar surface area (TPSA) is 63.0 Å². The molecule has 202 valence electrons. The second-order valence-electron chi connectivity index (χ2n) is 12.9. The molecule has 3 aromatic rings. The smallest absolute Gasteiger partial charge is 0.163 e. The molecule has 2 saturated heterocycles. The first-order valence-corrected chi connectivity index (χ1v) is 14.2. The second kappa shape index (κ2) is 8.88. The van der Waals surface area contributed by atoms with Gasteiger partial charge in [-0.15, -0.1) is 0 Å². The second-order valence-corrected chi connectivity index (χ2v) is 12.9. The average molecular weight is 517 g/mol. The van der Waals surface area contributed by atoms with Crippen LogP contribution in [-0.4, -0.2) is 74.3 Å². The summed E-state index contributed by atoms with van der Waals surface area (Å²) in [5, 5.41) is 4.95. The van der Waals surface area contributed by atoms with Crippen molar-refractivity contribution in [1.29, 1.82) is 0 Å². The quantitative estimate of drug-likeness (QED) is 0.459. The Hall–Kier alpha value is -2.77. The summed E-state index contributed by atoms with van der Waals surface area (Å²) in [5.41, 5.74) is 3.83. The Kier molecular flexibility index (Phi) is 5.68. The van der Waals surface area contributed by atoms with Crippen molar-refractivity contribution in [3.63, 3.8) is 0 Å². The molecule has 0 bridgehead atoms. The van der Waals surface area contributed by atoms with Crippen molar-refractivity contribution in [2.24, 2.45) is 10.8 Å². The van der Waals surface area contributed by atoms with Crippen molar-refractivity contribution in [2.75, 3.05) is 52.7 Å². The van der Waals surface area contributed by atoms with Gasteiger partial charge in [0.05, 0.1) is 12.6 Å². The molecule has 2 spiro atoms. The van der Waals surface area contributed by atoms with E-state index in [1.165, 1.54) is 51.9 Å². The van der Waals surface area contributed by atoms with Crippen LogP contribution >= 0.6 is 0 Å². The normalized spacial score (nSPS) is 24.7. The van der Waals surface area contributed by atoms with Crippen molar-refractivity contribution in [3.05, 3.63) is 36.1 Å². The molecular weight excluding hydrogens is 476 g/mol. The third-order valence-electron chi connectivity index (χ3n) is 9.68. The monoisotopic (exact) mass is 516 g/mol. The minimum absolute atomic E-state index is 0.240. The predicted molar refractivity (Wildman–Crippen MR) is 150 cm³/mol. The van der Waals surface area contributed by atoms with E-state index >= 15 is 0 Å². The van der Waals surface area contributed by atoms with Gasteiger partial charge in [-0.3, -0.25) is 0 Å². The van der Waals surface area contributed by atoms with Gasteiger partial charge < -0.3 is 29.0 Å². The van der Waals surface area contributed by atoms with Gasteiger partial charge >= 0.3 is 0 Å². The number of fused-ring (bicyclic) bond motifs is 1. The molecule has 7 nitrogen and oxygen atoms in total. The molecule has 7 heteroatoms. The Labute approximate surface area is 225 Å². The standard InChI is InChI=1S/C31H40N4O3/c1-20-5-6-27(37-20)26-12-24(32-21-14-30(15-21)7-9-34(2)10-8-30)23-11-28(36-4)29(13-25(23)33-26)38-22-16-31(17-22)18-35(3)19-31/h5-6,11-13,21-22H,7-10,14-19H2,1-4H3,(H,32,33). The first kappa shape index (κ1) is 24.3. The average Bonchev–Trinajstić information content (AvgIpc) is 3.28. The number of nitrogens with one attached hydrogen (secondary N) is 1. The number of likely N-dealkylation sites (tertiary alicyclic amines) is 2. The van der Waals surface area contributed by atoms with Gasteiger partial charge in [-0.2, -0.15) is 0 Å². The van der Waals surface area contributed by atoms with E-state index in [4.69, 9.17) is 18.9 Å². The summed E-state index contributed by atoms with van der Waals surface area (Å²) in [7, 11) is 6.16. The fraction of sp³-hybridized carbons (Fsp3) is 0.581. The molecular formula is C31H40N4O3. The number of aryl methyl sites for hydroxylation is 1. The maximum atomic E-state index is 6.50. The molecule has 0 radical (unpaired) electrons. The van der Waals surface area contributed by atoms with Gasteiger partial charge in [0.2, 0.25) is 0 Å². The Bertz CT molecular complexity index is 1340. The van der Waals surface area contributed by atoms with E-state index < -0.39 is 0 Å². The molecule has 1 N–H and O–H groups in total. The number of piperidine rings is 1. The van der Waals surface area contributed by atoms with Crippen molar-refractivity contribution >= 4 is 16.6 Å². The molecule has 2 aliphatic carbocycles. The number of nitrogens with zero attached hydrogens (tertiary/aromatic N) is 3. The third-order valence-corrected chi connectivity index (χ3v) is 9.68. The van der Waals surface area contributed by atoms with E-state index in [0.29, 0.717) is 16.9 Å². The summed E-state index contributed by atoms with van der Waals surface area (Å²) < 4.78 is 18.3. The van der Waals surface area contributed by atoms with Gasteiger partial charge in [0, 0.05) is 41.7 Å². The highest BCUT2D eigenvalue weighted by Gasteiger charge is 2.52. The minimum Gasteiger partial charge on any atom is -0.493 e. The highest BCUT2D eigenvalue weighted by molar-refractivity contribution is 5.95. The lowest BCUT2D eigenvalue weighted by atomic mass is 9.60. The van der Waals surface area contributed by atoms with Gasteiger partial charge in [0.25, 0.3) is 0 Å². The van der Waals surface area contributed by atoms with Gasteiger partial charge in [-0.1, -0.05) is 0 Å². The zero-order valence-corrected chi connectivity index (χ0v) is 23.2. The van der Waals surface area contributed by atoms with Crippen molar-refractivity contribution in [2.45, 2.75) is 57.6 Å². The lowest BCUT2D eigenvalue weighted by Gasteiger charge is -2.57. The molecule has 4 aliphatic rings. The Balaban J connectivity index is 1.18. The molecule has 2 saturated carbocycles. The van der Waals surface area contributed by atoms with Crippen LogP contribution in [0.15, 0.2) is 34.7 Å². The summed E-state index contributed by atoms with van der Waals surface area (Å²) >= 11 is 0. The summed E-state index contributed by atoms with van der Waals surface area (Å²) in [5.74, 6) is 3.24. The molecule has 0 atom stereocenters. The zero-order valence-electron chi connectivity index (χ0n) is 23.2. The number of furan rings is 1. The number of pyridine rings is 1. The minimum atomic E-state index is 0.240. The number of anilines is 1. The van der Waals surface area contributed by atoms with Crippen LogP contribution in [0.25, 0.3) is 22.4 Å². The Morgan fingerprint density at radius 1 is 0.947 bits per heavy atom. The molecule has 7 rings (SSSR count). The first-order chi connectivity index (χ1) is 18.3. The number of benzene rings is 1. The summed E-state index contributed by atoms with van der Waals surface area (Å²) in [6.07, 6.45) is 7.55. The molecule has 4 fully saturated rings. The largest absolute Gasteiger partial charge is 0.493 e. The fourth-order valence-corrected chi connectivity index (χ4v) is 7.64. The molecule has 2 aliphatic heterocycles. The van der Waals surface area contributed by atoms with E-state index in [1.54, 1.807) is 7.11 Å². The van der Waals surface area contributed by atoms with E-state index in [2.05, 4.69) is 47.4 Å². The predicted octanol–water partition coefficient (Wildman–Crippen LogP) is 5.57. The van der Waals surface area contributed by atoms with Crippen LogP contribution in [0.5, 0.6) is 11.5 Å². The molecule has 38 heavy (non-hydrogen) atoms. The molecule has 0 amide bonds. The van der Waals surface area contributed by atoms with Crippen LogP contribution < -0.4 is 14.8 Å². The Morgan fingerprint density at radius 2 is 1.71 bits per heavy atom. The SMILES string of the molecule is COc1cc2c(NC3CC4(CCN(C)CC4)C3)cc(-c3ccc(C)o3)nc2cc1OC1CC2(C1)CN(C)C2. The highest BCUT2D eigenvalue weighted by Crippen LogP contribution is 2.52. The zero-order chi connectivity index (χ0) is 26.1. The van der Waals surface area contributed by atoms with Crippen LogP contribution in [0.4, 0.5) is 5.69 Å². The van der Waals surface area contributed by atoms with Crippen LogP contribution in [-0.2, 0) is 0 Å². The molecule has 0 unspecified atom stereocenters. The Morgan fingerprint density at radius 3 is 2.37 bits per heavy atom. The lowest BCUT2D eigenvalue weighted by Crippen LogP contribution is -2.63. The summed E-state index contributed by atoms with van der Waals surface area (Å²) in [4.78, 5) is 9.88. The number of rotatable bonds is 6. The third kappa shape index (κ3) is 4.24. The molecule has 4 heterocycles. The number of hydrogen-bond acceptors (Lipinski definition) is 7. The summed E-state index contributed by atoms with van der Waals surface area (Å²) in [6, 6.07) is 10.8. The summed E-state index contributed by atoms with van der Waals surface area (Å²) in [6.45, 7) is 6.77. The van der Waals surface area contributed by atoms with Crippen molar-refractivity contribution < 1.29 is 13.9 Å². The van der Waals surface area contributed by atoms with Crippen LogP contribution in [0.2, 0.25) is 0 Å². The van der Waals surface area contributed by atoms with E-state index in [-0.39, 0.29) is 6.10 Å². The maximum absolute atomic E-state index is 6.50. The number of ether oxygens (including phenoxy) is 2. The van der Waals surface area contributed by atoms with Gasteiger partial charge in [0.15, 0.2) is 17.3 Å². The fourth-order valence-electron chi connectivity index (χ4n) is 7.64. The van der Waals surface area contributed by atoms with E-state index in [0.717, 1.165) is 58.1 Å². The van der Waals surface area contributed by atoms with Gasteiger partial charge in [0.1, 0.15) is 17.6 Å². The highest BCUT2D eigenvalue weighted by atomic mass is 16.5. The number of methoxy groups -OCH3 is 1. The van der Waals surface area contributed by atoms with Crippen LogP contribution in [0.3, 0.4) is 0 Å². The van der Waals surface area contributed by atoms with Gasteiger partial charge in [-0.05, 0) is 102 Å². The van der Waals surface area contributed by atoms with E-state index in [9.17, 15) is 0 Å².